The van der Waals surface area contributed by atoms with Crippen LogP contribution in [0.1, 0.15) is 11.9 Å². The van der Waals surface area contributed by atoms with Crippen molar-refractivity contribution in [3.05, 3.63) is 71.3 Å². The zero-order valence-corrected chi connectivity index (χ0v) is 16.5. The normalized spacial score (nSPS) is 12.2. The van der Waals surface area contributed by atoms with Gasteiger partial charge in [0.15, 0.2) is 0 Å². The van der Waals surface area contributed by atoms with Crippen LogP contribution < -0.4 is 5.32 Å². The van der Waals surface area contributed by atoms with E-state index in [0.717, 1.165) is 33.7 Å². The summed E-state index contributed by atoms with van der Waals surface area (Å²) in [6.45, 7) is 3.15. The fraction of sp³-hybridized carbons (Fsp3) is 0.227. The Hall–Kier alpha value is -2.99. The summed E-state index contributed by atoms with van der Waals surface area (Å²) in [5, 5.41) is 6.14. The molecule has 142 valence electrons. The Morgan fingerprint density at radius 2 is 1.93 bits per heavy atom. The molecule has 4 rings (SSSR count). The van der Waals surface area contributed by atoms with E-state index in [-0.39, 0.29) is 11.8 Å². The number of aromatic nitrogens is 3. The van der Waals surface area contributed by atoms with E-state index in [0.29, 0.717) is 13.1 Å². The number of nitrogens with one attached hydrogen (secondary N) is 1. The monoisotopic (exact) mass is 390 g/mol. The van der Waals surface area contributed by atoms with Gasteiger partial charge < -0.3 is 9.88 Å². The molecule has 4 aromatic rings. The summed E-state index contributed by atoms with van der Waals surface area (Å²) in [5.41, 5.74) is 4.12. The summed E-state index contributed by atoms with van der Waals surface area (Å²) in [6, 6.07) is 18.1. The number of amides is 1. The van der Waals surface area contributed by atoms with Crippen LogP contribution in [-0.4, -0.2) is 27.0 Å². The number of carbonyl (C=O) groups is 1. The van der Waals surface area contributed by atoms with Crippen LogP contribution in [0.2, 0.25) is 0 Å². The van der Waals surface area contributed by atoms with Crippen molar-refractivity contribution in [3.63, 3.8) is 0 Å². The highest BCUT2D eigenvalue weighted by Gasteiger charge is 2.15. The van der Waals surface area contributed by atoms with Crippen LogP contribution >= 0.6 is 11.3 Å². The molecule has 28 heavy (non-hydrogen) atoms. The van der Waals surface area contributed by atoms with E-state index in [1.165, 1.54) is 0 Å². The van der Waals surface area contributed by atoms with Gasteiger partial charge in [0.25, 0.3) is 0 Å². The zero-order chi connectivity index (χ0) is 19.3. The number of hydrogen-bond acceptors (Lipinski definition) is 4. The minimum Gasteiger partial charge on any atom is -0.355 e. The molecule has 1 unspecified atom stereocenters. The highest BCUT2D eigenvalue weighted by molar-refractivity contribution is 7.09. The lowest BCUT2D eigenvalue weighted by molar-refractivity contribution is -0.124. The lowest BCUT2D eigenvalue weighted by Crippen LogP contribution is -2.32. The second-order valence-corrected chi connectivity index (χ2v) is 7.76. The molecule has 0 aliphatic rings. The van der Waals surface area contributed by atoms with Crippen LogP contribution in [0.4, 0.5) is 0 Å². The second-order valence-electron chi connectivity index (χ2n) is 6.82. The SMILES string of the molecule is CC(Cn1cnc2ccccc21)C(=O)NCCc1nc(-c2ccccc2)cs1. The van der Waals surface area contributed by atoms with Gasteiger partial charge in [0.1, 0.15) is 0 Å². The first kappa shape index (κ1) is 18.4. The van der Waals surface area contributed by atoms with E-state index < -0.39 is 0 Å². The van der Waals surface area contributed by atoms with Gasteiger partial charge in [-0.1, -0.05) is 49.4 Å². The highest BCUT2D eigenvalue weighted by atomic mass is 32.1. The van der Waals surface area contributed by atoms with Crippen LogP contribution in [0.25, 0.3) is 22.3 Å². The van der Waals surface area contributed by atoms with Gasteiger partial charge in [0.2, 0.25) is 5.91 Å². The van der Waals surface area contributed by atoms with Gasteiger partial charge >= 0.3 is 0 Å². The minimum atomic E-state index is -0.131. The summed E-state index contributed by atoms with van der Waals surface area (Å²) in [7, 11) is 0. The molecule has 0 spiro atoms. The average molecular weight is 391 g/mol. The third-order valence-electron chi connectivity index (χ3n) is 4.70. The minimum absolute atomic E-state index is 0.0534. The van der Waals surface area contributed by atoms with E-state index in [2.05, 4.69) is 32.8 Å². The second kappa shape index (κ2) is 8.35. The molecule has 0 fully saturated rings. The van der Waals surface area contributed by atoms with E-state index in [4.69, 9.17) is 0 Å². The predicted octanol–water partition coefficient (Wildman–Crippen LogP) is 4.15. The van der Waals surface area contributed by atoms with Crippen molar-refractivity contribution >= 4 is 28.3 Å². The van der Waals surface area contributed by atoms with Gasteiger partial charge in [-0.25, -0.2) is 9.97 Å². The average Bonchev–Trinajstić information content (AvgIpc) is 3.36. The third kappa shape index (κ3) is 4.12. The molecule has 2 aromatic heterocycles. The largest absolute Gasteiger partial charge is 0.355 e. The fourth-order valence-corrected chi connectivity index (χ4v) is 3.98. The van der Waals surface area contributed by atoms with Crippen molar-refractivity contribution in [3.8, 4) is 11.3 Å². The number of imidazole rings is 1. The molecule has 0 radical (unpaired) electrons. The Morgan fingerprint density at radius 3 is 2.79 bits per heavy atom. The molecule has 1 amide bonds. The molecule has 2 heterocycles. The highest BCUT2D eigenvalue weighted by Crippen LogP contribution is 2.21. The molecule has 1 N–H and O–H groups in total. The number of carbonyl (C=O) groups excluding carboxylic acids is 1. The van der Waals surface area contributed by atoms with Crippen LogP contribution in [0.3, 0.4) is 0 Å². The Labute approximate surface area is 168 Å². The number of rotatable bonds is 7. The van der Waals surface area contributed by atoms with Crippen molar-refractivity contribution in [1.82, 2.24) is 19.9 Å². The molecule has 1 atom stereocenters. The van der Waals surface area contributed by atoms with Crippen molar-refractivity contribution in [2.24, 2.45) is 5.92 Å². The number of para-hydroxylation sites is 2. The Bertz CT molecular complexity index is 1070. The summed E-state index contributed by atoms with van der Waals surface area (Å²) >= 11 is 1.63. The van der Waals surface area contributed by atoms with Gasteiger partial charge in [0.05, 0.1) is 34.0 Å². The number of thiazole rings is 1. The maximum absolute atomic E-state index is 12.5. The molecule has 0 aliphatic carbocycles. The summed E-state index contributed by atoms with van der Waals surface area (Å²) in [5.74, 6) is -0.0774. The van der Waals surface area contributed by atoms with E-state index in [9.17, 15) is 4.79 Å². The molecule has 0 bridgehead atoms. The molecule has 0 saturated heterocycles. The quantitative estimate of drug-likeness (QED) is 0.516. The summed E-state index contributed by atoms with van der Waals surface area (Å²) in [4.78, 5) is 21.5. The van der Waals surface area contributed by atoms with Gasteiger partial charge in [-0.2, -0.15) is 0 Å². The van der Waals surface area contributed by atoms with Gasteiger partial charge in [-0.05, 0) is 12.1 Å². The first-order chi connectivity index (χ1) is 13.7. The Morgan fingerprint density at radius 1 is 1.14 bits per heavy atom. The maximum atomic E-state index is 12.5. The topological polar surface area (TPSA) is 59.8 Å². The number of fused-ring (bicyclic) bond motifs is 1. The molecular formula is C22H22N4OS. The lowest BCUT2D eigenvalue weighted by Gasteiger charge is -2.13. The molecule has 5 nitrogen and oxygen atoms in total. The smallest absolute Gasteiger partial charge is 0.224 e. The Kier molecular flexibility index (Phi) is 5.48. The summed E-state index contributed by atoms with van der Waals surface area (Å²) in [6.07, 6.45) is 2.54. The predicted molar refractivity (Wildman–Crippen MR) is 113 cm³/mol. The standard InChI is InChI=1S/C22H22N4OS/c1-16(13-26-15-24-18-9-5-6-10-20(18)26)22(27)23-12-11-21-25-19(14-28-21)17-7-3-2-4-8-17/h2-10,14-16H,11-13H2,1H3,(H,23,27). The van der Waals surface area contributed by atoms with E-state index in [1.54, 1.807) is 17.7 Å². The van der Waals surface area contributed by atoms with Crippen LogP contribution in [0.15, 0.2) is 66.3 Å². The lowest BCUT2D eigenvalue weighted by atomic mass is 10.1. The van der Waals surface area contributed by atoms with Crippen LogP contribution in [0, 0.1) is 5.92 Å². The molecule has 6 heteroatoms. The van der Waals surface area contributed by atoms with Gasteiger partial charge in [-0.15, -0.1) is 11.3 Å². The number of benzene rings is 2. The third-order valence-corrected chi connectivity index (χ3v) is 5.61. The van der Waals surface area contributed by atoms with Crippen molar-refractivity contribution in [2.75, 3.05) is 6.54 Å². The number of nitrogens with zero attached hydrogens (tertiary/aromatic N) is 3. The molecular weight excluding hydrogens is 368 g/mol. The van der Waals surface area contributed by atoms with Crippen molar-refractivity contribution < 1.29 is 4.79 Å². The maximum Gasteiger partial charge on any atom is 0.224 e. The van der Waals surface area contributed by atoms with Crippen LogP contribution in [-0.2, 0) is 17.8 Å². The fourth-order valence-electron chi connectivity index (χ4n) is 3.17. The van der Waals surface area contributed by atoms with Gasteiger partial charge in [-0.3, -0.25) is 4.79 Å². The van der Waals surface area contributed by atoms with E-state index in [1.807, 2.05) is 54.0 Å². The molecule has 2 aromatic carbocycles. The number of hydrogen-bond donors (Lipinski definition) is 1. The van der Waals surface area contributed by atoms with Crippen molar-refractivity contribution in [1.29, 1.82) is 0 Å². The van der Waals surface area contributed by atoms with E-state index >= 15 is 0 Å². The molecule has 0 saturated carbocycles. The zero-order valence-electron chi connectivity index (χ0n) is 15.7. The molecule has 0 aliphatic heterocycles. The first-order valence-electron chi connectivity index (χ1n) is 9.38. The first-order valence-corrected chi connectivity index (χ1v) is 10.3. The van der Waals surface area contributed by atoms with Crippen LogP contribution in [0.5, 0.6) is 0 Å². The Balaban J connectivity index is 1.29. The van der Waals surface area contributed by atoms with Gasteiger partial charge in [0, 0.05) is 30.5 Å². The van der Waals surface area contributed by atoms with Crippen molar-refractivity contribution in [2.45, 2.75) is 19.9 Å². The summed E-state index contributed by atoms with van der Waals surface area (Å²) < 4.78 is 2.03.